The predicted molar refractivity (Wildman–Crippen MR) is 107 cm³/mol. The summed E-state index contributed by atoms with van der Waals surface area (Å²) in [6.07, 6.45) is 0.897. The van der Waals surface area contributed by atoms with E-state index in [-0.39, 0.29) is 30.4 Å². The van der Waals surface area contributed by atoms with Gasteiger partial charge in [0.2, 0.25) is 0 Å². The van der Waals surface area contributed by atoms with Crippen molar-refractivity contribution >= 4 is 16.8 Å². The maximum Gasteiger partial charge on any atom is 0.258 e. The van der Waals surface area contributed by atoms with Crippen LogP contribution in [0.15, 0.2) is 36.4 Å². The van der Waals surface area contributed by atoms with E-state index in [1.807, 2.05) is 0 Å². The van der Waals surface area contributed by atoms with Gasteiger partial charge in [-0.25, -0.2) is 17.6 Å². The monoisotopic (exact) mass is 432 g/mol. The smallest absolute Gasteiger partial charge is 0.258 e. The molecule has 4 nitrogen and oxygen atoms in total. The summed E-state index contributed by atoms with van der Waals surface area (Å²) in [4.78, 5) is 15.4. The van der Waals surface area contributed by atoms with Gasteiger partial charge in [-0.3, -0.25) is 4.79 Å². The van der Waals surface area contributed by atoms with Crippen LogP contribution in [0.5, 0.6) is 0 Å². The molecule has 1 aromatic heterocycles. The van der Waals surface area contributed by atoms with Gasteiger partial charge in [0, 0.05) is 11.5 Å². The van der Waals surface area contributed by atoms with Crippen LogP contribution in [0.4, 0.5) is 17.6 Å². The van der Waals surface area contributed by atoms with Crippen LogP contribution in [0.1, 0.15) is 37.2 Å². The molecule has 2 aromatic carbocycles. The Balaban J connectivity index is 1.51. The van der Waals surface area contributed by atoms with E-state index in [1.54, 1.807) is 0 Å². The van der Waals surface area contributed by atoms with E-state index in [4.69, 9.17) is 0 Å². The summed E-state index contributed by atoms with van der Waals surface area (Å²) in [6, 6.07) is 7.45. The van der Waals surface area contributed by atoms with Crippen molar-refractivity contribution in [2.45, 2.75) is 42.8 Å². The highest BCUT2D eigenvalue weighted by atomic mass is 19.1. The number of aliphatic hydroxyl groups excluding tert-OH is 1. The Hall–Kier alpha value is -2.87. The first kappa shape index (κ1) is 20.1. The van der Waals surface area contributed by atoms with Gasteiger partial charge in [-0.1, -0.05) is 0 Å². The van der Waals surface area contributed by atoms with Gasteiger partial charge in [0.25, 0.3) is 5.91 Å². The van der Waals surface area contributed by atoms with E-state index in [0.29, 0.717) is 29.7 Å². The second-order valence-corrected chi connectivity index (χ2v) is 8.69. The highest BCUT2D eigenvalue weighted by Gasteiger charge is 2.55. The Morgan fingerprint density at radius 3 is 2.39 bits per heavy atom. The molecule has 31 heavy (non-hydrogen) atoms. The van der Waals surface area contributed by atoms with E-state index in [9.17, 15) is 23.1 Å². The molecule has 8 heteroatoms. The third kappa shape index (κ3) is 3.29. The number of halogens is 4. The van der Waals surface area contributed by atoms with Gasteiger partial charge in [0.1, 0.15) is 17.5 Å². The van der Waals surface area contributed by atoms with E-state index in [1.165, 1.54) is 30.3 Å². The number of aromatic nitrogens is 1. The fourth-order valence-corrected chi connectivity index (χ4v) is 4.45. The van der Waals surface area contributed by atoms with E-state index in [2.05, 4.69) is 10.3 Å². The minimum Gasteiger partial charge on any atom is -0.394 e. The standard InChI is InChI=1S/C23H20F4N2O2/c24-14-3-1-12(2-4-14)19-18(16-7-15(25)8-17(26)20(16)28-19)13-9-23(27,10-13)21(31)29-22(11-30)5-6-22/h1-4,7-8,13,28,30H,5-6,9-11H2,(H,29,31). The SMILES string of the molecule is O=C(NC1(CO)CC1)C1(F)CC(c2c(-c3ccc(F)cc3)[nH]c3c(F)cc(F)cc23)C1. The molecule has 5 rings (SSSR count). The lowest BCUT2D eigenvalue weighted by Crippen LogP contribution is -2.55. The van der Waals surface area contributed by atoms with Crippen LogP contribution in [0.2, 0.25) is 0 Å². The number of hydrogen-bond donors (Lipinski definition) is 3. The number of fused-ring (bicyclic) bond motifs is 1. The van der Waals surface area contributed by atoms with Crippen molar-refractivity contribution in [3.8, 4) is 11.3 Å². The first-order valence-corrected chi connectivity index (χ1v) is 10.1. The summed E-state index contributed by atoms with van der Waals surface area (Å²) in [5.41, 5.74) is -1.28. The van der Waals surface area contributed by atoms with Crippen LogP contribution in [0.3, 0.4) is 0 Å². The van der Waals surface area contributed by atoms with Crippen LogP contribution < -0.4 is 5.32 Å². The van der Waals surface area contributed by atoms with Gasteiger partial charge in [-0.05, 0) is 73.1 Å². The summed E-state index contributed by atoms with van der Waals surface area (Å²) in [5.74, 6) is -3.23. The van der Waals surface area contributed by atoms with Crippen molar-refractivity contribution in [2.75, 3.05) is 6.61 Å². The van der Waals surface area contributed by atoms with Crippen LogP contribution in [-0.2, 0) is 4.79 Å². The lowest BCUT2D eigenvalue weighted by Gasteiger charge is -2.41. The fraction of sp³-hybridized carbons (Fsp3) is 0.348. The normalized spacial score (nSPS) is 24.1. The van der Waals surface area contributed by atoms with Crippen molar-refractivity contribution in [1.82, 2.24) is 10.3 Å². The lowest BCUT2D eigenvalue weighted by molar-refractivity contribution is -0.141. The van der Waals surface area contributed by atoms with Gasteiger partial charge >= 0.3 is 0 Å². The highest BCUT2D eigenvalue weighted by molar-refractivity contribution is 5.94. The molecule has 0 bridgehead atoms. The summed E-state index contributed by atoms with van der Waals surface area (Å²) in [6.45, 7) is -0.242. The Kier molecular flexibility index (Phi) is 4.41. The van der Waals surface area contributed by atoms with E-state index >= 15 is 4.39 Å². The van der Waals surface area contributed by atoms with Crippen molar-refractivity contribution in [3.05, 3.63) is 59.4 Å². The van der Waals surface area contributed by atoms with Crippen LogP contribution in [0, 0.1) is 17.5 Å². The summed E-state index contributed by atoms with van der Waals surface area (Å²) < 4.78 is 57.1. The zero-order valence-electron chi connectivity index (χ0n) is 16.4. The third-order valence-electron chi connectivity index (χ3n) is 6.49. The Bertz CT molecular complexity index is 1180. The molecule has 1 heterocycles. The topological polar surface area (TPSA) is 65.1 Å². The van der Waals surface area contributed by atoms with Crippen LogP contribution in [-0.4, -0.2) is 33.8 Å². The van der Waals surface area contributed by atoms with Crippen molar-refractivity contribution < 1.29 is 27.5 Å². The number of nitrogens with one attached hydrogen (secondary N) is 2. The molecule has 162 valence electrons. The first-order chi connectivity index (χ1) is 14.7. The molecule has 2 fully saturated rings. The van der Waals surface area contributed by atoms with Crippen molar-refractivity contribution in [1.29, 1.82) is 0 Å². The molecule has 0 atom stereocenters. The molecule has 0 saturated heterocycles. The molecule has 3 aromatic rings. The molecule has 3 N–H and O–H groups in total. The molecule has 2 aliphatic carbocycles. The fourth-order valence-electron chi connectivity index (χ4n) is 4.45. The maximum absolute atomic E-state index is 15.3. The van der Waals surface area contributed by atoms with Gasteiger partial charge < -0.3 is 15.4 Å². The number of rotatable bonds is 5. The minimum atomic E-state index is -2.12. The number of hydrogen-bond acceptors (Lipinski definition) is 2. The molecule has 0 radical (unpaired) electrons. The number of carbonyl (C=O) groups excluding carboxylic acids is 1. The second-order valence-electron chi connectivity index (χ2n) is 8.69. The van der Waals surface area contributed by atoms with Crippen molar-refractivity contribution in [2.24, 2.45) is 0 Å². The number of aromatic amines is 1. The number of alkyl halides is 1. The van der Waals surface area contributed by atoms with Gasteiger partial charge in [-0.15, -0.1) is 0 Å². The number of aliphatic hydroxyl groups is 1. The Labute approximate surface area is 175 Å². The molecule has 2 saturated carbocycles. The number of benzene rings is 2. The van der Waals surface area contributed by atoms with Gasteiger partial charge in [-0.2, -0.15) is 0 Å². The third-order valence-corrected chi connectivity index (χ3v) is 6.49. The molecular formula is C23H20F4N2O2. The number of carbonyl (C=O) groups is 1. The number of amides is 1. The molecule has 0 spiro atoms. The average Bonchev–Trinajstić information content (AvgIpc) is 3.38. The second kappa shape index (κ2) is 6.82. The predicted octanol–water partition coefficient (Wildman–Crippen LogP) is 4.48. The van der Waals surface area contributed by atoms with E-state index in [0.717, 1.165) is 6.07 Å². The lowest BCUT2D eigenvalue weighted by atomic mass is 9.67. The van der Waals surface area contributed by atoms with Crippen LogP contribution in [0.25, 0.3) is 22.2 Å². The van der Waals surface area contributed by atoms with Crippen LogP contribution >= 0.6 is 0 Å². The Morgan fingerprint density at radius 1 is 1.10 bits per heavy atom. The molecule has 0 aliphatic heterocycles. The largest absolute Gasteiger partial charge is 0.394 e. The zero-order valence-corrected chi connectivity index (χ0v) is 16.4. The molecule has 0 unspecified atom stereocenters. The summed E-state index contributed by atoms with van der Waals surface area (Å²) >= 11 is 0. The average molecular weight is 432 g/mol. The number of H-pyrrole nitrogens is 1. The maximum atomic E-state index is 15.3. The first-order valence-electron chi connectivity index (χ1n) is 10.1. The van der Waals surface area contributed by atoms with Crippen molar-refractivity contribution in [3.63, 3.8) is 0 Å². The Morgan fingerprint density at radius 2 is 1.77 bits per heavy atom. The summed E-state index contributed by atoms with van der Waals surface area (Å²) in [7, 11) is 0. The highest BCUT2D eigenvalue weighted by Crippen LogP contribution is 2.52. The minimum absolute atomic E-state index is 0.0775. The molecule has 2 aliphatic rings. The quantitative estimate of drug-likeness (QED) is 0.521. The molecule has 1 amide bonds. The zero-order chi connectivity index (χ0) is 22.0. The van der Waals surface area contributed by atoms with Gasteiger partial charge in [0.05, 0.1) is 23.4 Å². The van der Waals surface area contributed by atoms with Gasteiger partial charge in [0.15, 0.2) is 5.67 Å². The molecular weight excluding hydrogens is 412 g/mol. The van der Waals surface area contributed by atoms with E-state index < -0.39 is 40.5 Å². The summed E-state index contributed by atoms with van der Waals surface area (Å²) in [5, 5.41) is 12.3.